The Kier molecular flexibility index (Phi) is 8.13. The minimum absolute atomic E-state index is 0. The first-order chi connectivity index (χ1) is 12.6. The fourth-order valence-corrected chi connectivity index (χ4v) is 4.93. The maximum atomic E-state index is 13.0. The Bertz CT molecular complexity index is 613. The van der Waals surface area contributed by atoms with Crippen LogP contribution in [0.4, 0.5) is 0 Å². The summed E-state index contributed by atoms with van der Waals surface area (Å²) >= 11 is 1.67. The molecule has 1 N–H and O–H groups in total. The number of amides is 2. The monoisotopic (exact) mass is 413 g/mol. The second-order valence-electron chi connectivity index (χ2n) is 7.55. The van der Waals surface area contributed by atoms with Gasteiger partial charge in [0.15, 0.2) is 0 Å². The zero-order valence-corrected chi connectivity index (χ0v) is 18.0. The van der Waals surface area contributed by atoms with Crippen LogP contribution in [0.1, 0.15) is 51.5 Å². The third-order valence-electron chi connectivity index (χ3n) is 6.04. The van der Waals surface area contributed by atoms with Crippen molar-refractivity contribution in [1.82, 2.24) is 15.1 Å². The molecule has 27 heavy (non-hydrogen) atoms. The average molecular weight is 414 g/mol. The molecule has 1 aliphatic heterocycles. The van der Waals surface area contributed by atoms with Gasteiger partial charge in [0.2, 0.25) is 11.8 Å². The maximum absolute atomic E-state index is 13.0. The maximum Gasteiger partial charge on any atom is 0.223 e. The van der Waals surface area contributed by atoms with Crippen LogP contribution in [-0.4, -0.2) is 53.8 Å². The van der Waals surface area contributed by atoms with E-state index in [9.17, 15) is 9.59 Å². The molecule has 1 unspecified atom stereocenters. The molecule has 1 aromatic heterocycles. The predicted molar refractivity (Wildman–Crippen MR) is 112 cm³/mol. The van der Waals surface area contributed by atoms with E-state index in [1.54, 1.807) is 11.3 Å². The molecule has 5 nitrogen and oxygen atoms in total. The molecule has 1 spiro atoms. The molecule has 0 aromatic carbocycles. The molecule has 0 bridgehead atoms. The summed E-state index contributed by atoms with van der Waals surface area (Å²) in [6.07, 6.45) is 4.08. The summed E-state index contributed by atoms with van der Waals surface area (Å²) in [6, 6.07) is 2.45. The first-order valence-electron chi connectivity index (χ1n) is 9.88. The second-order valence-corrected chi connectivity index (χ2v) is 8.33. The van der Waals surface area contributed by atoms with E-state index in [2.05, 4.69) is 27.0 Å². The van der Waals surface area contributed by atoms with Gasteiger partial charge in [-0.05, 0) is 74.0 Å². The van der Waals surface area contributed by atoms with Gasteiger partial charge in [-0.1, -0.05) is 0 Å². The Balaban J connectivity index is 0.00000261. The fourth-order valence-electron chi connectivity index (χ4n) is 4.27. The van der Waals surface area contributed by atoms with Gasteiger partial charge in [0.25, 0.3) is 0 Å². The van der Waals surface area contributed by atoms with Gasteiger partial charge in [-0.2, -0.15) is 11.3 Å². The molecule has 1 saturated heterocycles. The van der Waals surface area contributed by atoms with E-state index in [4.69, 9.17) is 0 Å². The molecular weight excluding hydrogens is 382 g/mol. The smallest absolute Gasteiger partial charge is 0.223 e. The van der Waals surface area contributed by atoms with E-state index in [1.165, 1.54) is 5.56 Å². The zero-order valence-electron chi connectivity index (χ0n) is 16.4. The van der Waals surface area contributed by atoms with Crippen molar-refractivity contribution < 1.29 is 9.59 Å². The number of piperidine rings is 1. The highest BCUT2D eigenvalue weighted by molar-refractivity contribution is 7.07. The lowest BCUT2D eigenvalue weighted by Crippen LogP contribution is -2.39. The molecular formula is C20H32ClN3O2S. The largest absolute Gasteiger partial charge is 0.343 e. The van der Waals surface area contributed by atoms with Crippen LogP contribution in [0.25, 0.3) is 0 Å². The SMILES string of the molecule is CCN(CC)C(=O)CCC(=O)N(Cc1ccsc1)C1CC12CCNCC2.Cl. The van der Waals surface area contributed by atoms with Crippen LogP contribution < -0.4 is 5.32 Å². The summed E-state index contributed by atoms with van der Waals surface area (Å²) in [5, 5.41) is 7.62. The molecule has 1 aliphatic carbocycles. The fraction of sp³-hybridized carbons (Fsp3) is 0.700. The van der Waals surface area contributed by atoms with Gasteiger partial charge in [0.1, 0.15) is 0 Å². The van der Waals surface area contributed by atoms with E-state index in [0.717, 1.165) is 32.4 Å². The number of nitrogens with zero attached hydrogens (tertiary/aromatic N) is 2. The summed E-state index contributed by atoms with van der Waals surface area (Å²) in [4.78, 5) is 29.2. The number of carbonyl (C=O) groups is 2. The number of halogens is 1. The van der Waals surface area contributed by atoms with Crippen LogP contribution in [-0.2, 0) is 16.1 Å². The van der Waals surface area contributed by atoms with Crippen molar-refractivity contribution in [1.29, 1.82) is 0 Å². The van der Waals surface area contributed by atoms with Crippen molar-refractivity contribution in [2.75, 3.05) is 26.2 Å². The van der Waals surface area contributed by atoms with E-state index >= 15 is 0 Å². The Morgan fingerprint density at radius 3 is 2.44 bits per heavy atom. The zero-order chi connectivity index (χ0) is 18.6. The van der Waals surface area contributed by atoms with Crippen molar-refractivity contribution in [3.63, 3.8) is 0 Å². The third kappa shape index (κ3) is 5.24. The normalized spacial score (nSPS) is 20.0. The van der Waals surface area contributed by atoms with E-state index < -0.39 is 0 Å². The van der Waals surface area contributed by atoms with E-state index in [-0.39, 0.29) is 24.2 Å². The summed E-state index contributed by atoms with van der Waals surface area (Å²) in [6.45, 7) is 8.17. The molecule has 152 valence electrons. The summed E-state index contributed by atoms with van der Waals surface area (Å²) in [5.41, 5.74) is 1.52. The van der Waals surface area contributed by atoms with Crippen molar-refractivity contribution in [3.05, 3.63) is 22.4 Å². The molecule has 2 heterocycles. The number of rotatable bonds is 8. The first-order valence-corrected chi connectivity index (χ1v) is 10.8. The highest BCUT2D eigenvalue weighted by Gasteiger charge is 2.57. The van der Waals surface area contributed by atoms with Gasteiger partial charge in [-0.25, -0.2) is 0 Å². The number of carbonyl (C=O) groups excluding carboxylic acids is 2. The van der Waals surface area contributed by atoms with Crippen molar-refractivity contribution >= 4 is 35.6 Å². The number of nitrogens with one attached hydrogen (secondary N) is 1. The van der Waals surface area contributed by atoms with Crippen LogP contribution in [0.3, 0.4) is 0 Å². The highest BCUT2D eigenvalue weighted by Crippen LogP contribution is 2.56. The topological polar surface area (TPSA) is 52.7 Å². The molecule has 3 rings (SSSR count). The summed E-state index contributed by atoms with van der Waals surface area (Å²) < 4.78 is 0. The number of thiophene rings is 1. The molecule has 0 radical (unpaired) electrons. The Hall–Kier alpha value is -1.11. The van der Waals surface area contributed by atoms with Crippen molar-refractivity contribution in [3.8, 4) is 0 Å². The van der Waals surface area contributed by atoms with Crippen LogP contribution in [0.15, 0.2) is 16.8 Å². The van der Waals surface area contributed by atoms with Gasteiger partial charge >= 0.3 is 0 Å². The molecule has 1 saturated carbocycles. The van der Waals surface area contributed by atoms with Gasteiger partial charge in [0.05, 0.1) is 0 Å². The quantitative estimate of drug-likeness (QED) is 0.711. The lowest BCUT2D eigenvalue weighted by Gasteiger charge is -2.30. The minimum atomic E-state index is 0. The minimum Gasteiger partial charge on any atom is -0.343 e. The summed E-state index contributed by atoms with van der Waals surface area (Å²) in [5.74, 6) is 0.225. The van der Waals surface area contributed by atoms with Crippen LogP contribution in [0, 0.1) is 5.41 Å². The van der Waals surface area contributed by atoms with E-state index in [1.807, 2.05) is 18.7 Å². The lowest BCUT2D eigenvalue weighted by molar-refractivity contribution is -0.138. The van der Waals surface area contributed by atoms with Gasteiger partial charge in [0, 0.05) is 38.5 Å². The van der Waals surface area contributed by atoms with Crippen LogP contribution >= 0.6 is 23.7 Å². The Morgan fingerprint density at radius 2 is 1.85 bits per heavy atom. The molecule has 2 amide bonds. The third-order valence-corrected chi connectivity index (χ3v) is 6.78. The molecule has 1 aromatic rings. The Morgan fingerprint density at radius 1 is 1.19 bits per heavy atom. The van der Waals surface area contributed by atoms with Crippen molar-refractivity contribution in [2.24, 2.45) is 5.41 Å². The lowest BCUT2D eigenvalue weighted by atomic mass is 9.93. The number of hydrogen-bond acceptors (Lipinski definition) is 4. The van der Waals surface area contributed by atoms with Crippen LogP contribution in [0.5, 0.6) is 0 Å². The van der Waals surface area contributed by atoms with Gasteiger partial charge in [-0.15, -0.1) is 12.4 Å². The molecule has 2 fully saturated rings. The molecule has 2 aliphatic rings. The van der Waals surface area contributed by atoms with E-state index in [0.29, 0.717) is 43.9 Å². The Labute approximate surface area is 172 Å². The predicted octanol–water partition coefficient (Wildman–Crippen LogP) is 3.29. The average Bonchev–Trinajstić information content (AvgIpc) is 3.08. The van der Waals surface area contributed by atoms with Crippen LogP contribution in [0.2, 0.25) is 0 Å². The second kappa shape index (κ2) is 9.89. The summed E-state index contributed by atoms with van der Waals surface area (Å²) in [7, 11) is 0. The molecule has 1 atom stereocenters. The van der Waals surface area contributed by atoms with Gasteiger partial charge in [-0.3, -0.25) is 9.59 Å². The first kappa shape index (κ1) is 22.2. The van der Waals surface area contributed by atoms with Crippen molar-refractivity contribution in [2.45, 2.75) is 58.5 Å². The van der Waals surface area contributed by atoms with Gasteiger partial charge < -0.3 is 15.1 Å². The number of hydrogen-bond donors (Lipinski definition) is 1. The highest BCUT2D eigenvalue weighted by atomic mass is 35.5. The standard InChI is InChI=1S/C20H31N3O2S.ClH/c1-3-22(4-2)18(24)5-6-19(25)23(14-16-7-12-26-15-16)17-13-20(17)8-10-21-11-9-20;/h7,12,15,17,21H,3-6,8-11,13-14H2,1-2H3;1H. The molecule has 7 heteroatoms.